The molecule has 1 amide bonds. The lowest BCUT2D eigenvalue weighted by Crippen LogP contribution is -2.45. The van der Waals surface area contributed by atoms with Crippen molar-refractivity contribution in [2.75, 3.05) is 19.5 Å². The Kier molecular flexibility index (Phi) is 6.21. The smallest absolute Gasteiger partial charge is 0.255 e. The van der Waals surface area contributed by atoms with E-state index in [0.29, 0.717) is 33.6 Å². The first-order valence-corrected chi connectivity index (χ1v) is 9.70. The number of rotatable bonds is 5. The Labute approximate surface area is 177 Å². The Morgan fingerprint density at radius 1 is 1.14 bits per heavy atom. The summed E-state index contributed by atoms with van der Waals surface area (Å²) in [5, 5.41) is 9.58. The number of ether oxygens (including phenoxy) is 2. The van der Waals surface area contributed by atoms with Crippen molar-refractivity contribution in [3.63, 3.8) is 0 Å². The molecule has 0 aromatic heterocycles. The molecule has 146 valence electrons. The number of thiocarbonyl (C=S) groups is 1. The summed E-state index contributed by atoms with van der Waals surface area (Å²) < 4.78 is 11.8. The van der Waals surface area contributed by atoms with E-state index in [1.54, 1.807) is 26.4 Å². The van der Waals surface area contributed by atoms with Crippen molar-refractivity contribution in [1.29, 1.82) is 0 Å². The molecule has 0 fully saturated rings. The van der Waals surface area contributed by atoms with Crippen molar-refractivity contribution in [2.24, 2.45) is 0 Å². The highest BCUT2D eigenvalue weighted by Gasteiger charge is 2.32. The number of benzene rings is 2. The molecule has 0 saturated heterocycles. The van der Waals surface area contributed by atoms with Gasteiger partial charge in [-0.2, -0.15) is 0 Å². The van der Waals surface area contributed by atoms with E-state index in [0.717, 1.165) is 10.0 Å². The maximum atomic E-state index is 13.1. The van der Waals surface area contributed by atoms with Gasteiger partial charge >= 0.3 is 0 Å². The van der Waals surface area contributed by atoms with Crippen molar-refractivity contribution in [3.05, 3.63) is 63.8 Å². The second kappa shape index (κ2) is 8.62. The lowest BCUT2D eigenvalue weighted by Gasteiger charge is -2.31. The van der Waals surface area contributed by atoms with Gasteiger partial charge in [-0.15, -0.1) is 0 Å². The van der Waals surface area contributed by atoms with Crippen LogP contribution in [0.2, 0.25) is 0 Å². The summed E-state index contributed by atoms with van der Waals surface area (Å²) in [5.41, 5.74) is 2.64. The number of hydrogen-bond donors (Lipinski definition) is 3. The fraction of sp³-hybridized carbons (Fsp3) is 0.200. The van der Waals surface area contributed by atoms with Crippen LogP contribution in [0.15, 0.2) is 58.2 Å². The molecule has 0 radical (unpaired) electrons. The number of allylic oxidation sites excluding steroid dienone is 1. The van der Waals surface area contributed by atoms with Gasteiger partial charge in [0.25, 0.3) is 5.91 Å². The Hall–Kier alpha value is -2.58. The second-order valence-corrected chi connectivity index (χ2v) is 7.46. The number of methoxy groups -OCH3 is 2. The summed E-state index contributed by atoms with van der Waals surface area (Å²) in [6.07, 6.45) is 0. The predicted molar refractivity (Wildman–Crippen MR) is 117 cm³/mol. The third-order valence-electron chi connectivity index (χ3n) is 4.36. The number of anilines is 1. The van der Waals surface area contributed by atoms with Crippen molar-refractivity contribution < 1.29 is 14.3 Å². The van der Waals surface area contributed by atoms with Crippen LogP contribution < -0.4 is 25.4 Å². The van der Waals surface area contributed by atoms with Gasteiger partial charge in [0.05, 0.1) is 25.8 Å². The SMILES string of the molecule is COc1ccc(OC)c([C@@H]2NC(=S)NC(C)=C2C(=O)Nc2ccc(Br)cc2)c1. The average Bonchev–Trinajstić information content (AvgIpc) is 2.68. The van der Waals surface area contributed by atoms with Gasteiger partial charge < -0.3 is 25.4 Å². The lowest BCUT2D eigenvalue weighted by atomic mass is 9.94. The largest absolute Gasteiger partial charge is 0.497 e. The van der Waals surface area contributed by atoms with Crippen LogP contribution >= 0.6 is 28.1 Å². The van der Waals surface area contributed by atoms with Gasteiger partial charge in [-0.25, -0.2) is 0 Å². The molecule has 1 atom stereocenters. The van der Waals surface area contributed by atoms with Crippen LogP contribution in [0.5, 0.6) is 11.5 Å². The summed E-state index contributed by atoms with van der Waals surface area (Å²) in [6.45, 7) is 1.82. The van der Waals surface area contributed by atoms with Crippen LogP contribution in [0.4, 0.5) is 5.69 Å². The molecule has 6 nitrogen and oxygen atoms in total. The summed E-state index contributed by atoms with van der Waals surface area (Å²) in [5.74, 6) is 1.05. The van der Waals surface area contributed by atoms with Crippen LogP contribution in [0.3, 0.4) is 0 Å². The molecule has 3 N–H and O–H groups in total. The molecule has 28 heavy (non-hydrogen) atoms. The van der Waals surface area contributed by atoms with Crippen LogP contribution in [-0.4, -0.2) is 25.2 Å². The Morgan fingerprint density at radius 3 is 2.50 bits per heavy atom. The topological polar surface area (TPSA) is 71.6 Å². The molecule has 0 unspecified atom stereocenters. The zero-order chi connectivity index (χ0) is 20.3. The molecule has 2 aromatic carbocycles. The van der Waals surface area contributed by atoms with Crippen LogP contribution in [0, 0.1) is 0 Å². The maximum Gasteiger partial charge on any atom is 0.255 e. The monoisotopic (exact) mass is 461 g/mol. The fourth-order valence-electron chi connectivity index (χ4n) is 3.02. The van der Waals surface area contributed by atoms with Crippen molar-refractivity contribution in [2.45, 2.75) is 13.0 Å². The van der Waals surface area contributed by atoms with Gasteiger partial charge in [0.2, 0.25) is 0 Å². The number of carbonyl (C=O) groups is 1. The molecule has 1 heterocycles. The molecule has 0 bridgehead atoms. The van der Waals surface area contributed by atoms with E-state index in [4.69, 9.17) is 21.7 Å². The standard InChI is InChI=1S/C20H20BrN3O3S/c1-11-17(19(25)23-13-6-4-12(21)5-7-13)18(24-20(28)22-11)15-10-14(26-2)8-9-16(15)27-3/h4-10,18H,1-3H3,(H,23,25)(H2,22,24,28)/t18-/m0/s1. The Bertz CT molecular complexity index is 944. The van der Waals surface area contributed by atoms with Crippen molar-refractivity contribution in [3.8, 4) is 11.5 Å². The third kappa shape index (κ3) is 4.28. The first kappa shape index (κ1) is 20.2. The quantitative estimate of drug-likeness (QED) is 0.586. The first-order chi connectivity index (χ1) is 13.4. The van der Waals surface area contributed by atoms with Gasteiger partial charge in [0.15, 0.2) is 5.11 Å². The van der Waals surface area contributed by atoms with E-state index in [-0.39, 0.29) is 5.91 Å². The Balaban J connectivity index is 2.01. The van der Waals surface area contributed by atoms with E-state index in [2.05, 4.69) is 31.9 Å². The summed E-state index contributed by atoms with van der Waals surface area (Å²) in [6, 6.07) is 12.3. The predicted octanol–water partition coefficient (Wildman–Crippen LogP) is 3.90. The van der Waals surface area contributed by atoms with Gasteiger partial charge in [-0.3, -0.25) is 4.79 Å². The zero-order valence-corrected chi connectivity index (χ0v) is 18.0. The van der Waals surface area contributed by atoms with Gasteiger partial charge in [0.1, 0.15) is 11.5 Å². The number of nitrogens with one attached hydrogen (secondary N) is 3. The second-order valence-electron chi connectivity index (χ2n) is 6.14. The number of amides is 1. The Morgan fingerprint density at radius 2 is 1.86 bits per heavy atom. The minimum atomic E-state index is -0.491. The summed E-state index contributed by atoms with van der Waals surface area (Å²) in [7, 11) is 3.18. The molecule has 1 aliphatic heterocycles. The molecule has 2 aromatic rings. The van der Waals surface area contributed by atoms with Crippen LogP contribution in [-0.2, 0) is 4.79 Å². The highest BCUT2D eigenvalue weighted by atomic mass is 79.9. The minimum absolute atomic E-state index is 0.239. The molecule has 3 rings (SSSR count). The maximum absolute atomic E-state index is 13.1. The molecule has 0 aliphatic carbocycles. The summed E-state index contributed by atoms with van der Waals surface area (Å²) in [4.78, 5) is 13.1. The van der Waals surface area contributed by atoms with E-state index >= 15 is 0 Å². The number of carbonyl (C=O) groups excluding carboxylic acids is 1. The number of hydrogen-bond acceptors (Lipinski definition) is 4. The molecule has 0 spiro atoms. The number of halogens is 1. The van der Waals surface area contributed by atoms with E-state index in [9.17, 15) is 4.79 Å². The fourth-order valence-corrected chi connectivity index (χ4v) is 3.56. The zero-order valence-electron chi connectivity index (χ0n) is 15.6. The normalized spacial score (nSPS) is 16.1. The molecule has 8 heteroatoms. The third-order valence-corrected chi connectivity index (χ3v) is 5.11. The average molecular weight is 462 g/mol. The van der Waals surface area contributed by atoms with Crippen molar-refractivity contribution in [1.82, 2.24) is 10.6 Å². The van der Waals surface area contributed by atoms with E-state index in [1.165, 1.54) is 0 Å². The van der Waals surface area contributed by atoms with Gasteiger partial charge in [0, 0.05) is 21.4 Å². The first-order valence-electron chi connectivity index (χ1n) is 8.50. The van der Waals surface area contributed by atoms with Gasteiger partial charge in [-0.1, -0.05) is 15.9 Å². The van der Waals surface area contributed by atoms with E-state index < -0.39 is 6.04 Å². The van der Waals surface area contributed by atoms with E-state index in [1.807, 2.05) is 37.3 Å². The van der Waals surface area contributed by atoms with Crippen LogP contribution in [0.1, 0.15) is 18.5 Å². The van der Waals surface area contributed by atoms with Crippen molar-refractivity contribution >= 4 is 44.9 Å². The molecule has 0 saturated carbocycles. The molecular weight excluding hydrogens is 442 g/mol. The highest BCUT2D eigenvalue weighted by Crippen LogP contribution is 2.36. The van der Waals surface area contributed by atoms with Crippen LogP contribution in [0.25, 0.3) is 0 Å². The summed E-state index contributed by atoms with van der Waals surface area (Å²) >= 11 is 8.71. The van der Waals surface area contributed by atoms with Gasteiger partial charge in [-0.05, 0) is 61.6 Å². The molecule has 1 aliphatic rings. The molecular formula is C20H20BrN3O3S. The minimum Gasteiger partial charge on any atom is -0.497 e. The lowest BCUT2D eigenvalue weighted by molar-refractivity contribution is -0.113. The highest BCUT2D eigenvalue weighted by molar-refractivity contribution is 9.10.